The molecule has 18 heavy (non-hydrogen) atoms. The fourth-order valence-electron chi connectivity index (χ4n) is 1.89. The first-order valence-electron chi connectivity index (χ1n) is 5.87. The Kier molecular flexibility index (Phi) is 3.08. The molecule has 0 bridgehead atoms. The fourth-order valence-corrected chi connectivity index (χ4v) is 2.61. The molecular weight excluding hydrogens is 244 g/mol. The maximum absolute atomic E-state index is 4.54. The van der Waals surface area contributed by atoms with Crippen molar-refractivity contribution < 1.29 is 0 Å². The topological polar surface area (TPSA) is 42.2 Å². The summed E-state index contributed by atoms with van der Waals surface area (Å²) in [5.41, 5.74) is 2.31. The Morgan fingerprint density at radius 1 is 1.39 bits per heavy atom. The number of rotatable bonds is 4. The highest BCUT2D eigenvalue weighted by Gasteiger charge is 2.06. The Hall–Kier alpha value is -1.72. The molecule has 0 amide bonds. The lowest BCUT2D eigenvalue weighted by molar-refractivity contribution is 0.568. The molecule has 0 saturated carbocycles. The van der Waals surface area contributed by atoms with E-state index in [1.165, 1.54) is 5.56 Å². The van der Waals surface area contributed by atoms with Crippen LogP contribution >= 0.6 is 11.3 Å². The summed E-state index contributed by atoms with van der Waals surface area (Å²) >= 11 is 1.65. The minimum absolute atomic E-state index is 0.299. The van der Waals surface area contributed by atoms with Gasteiger partial charge in [-0.1, -0.05) is 0 Å². The van der Waals surface area contributed by atoms with Gasteiger partial charge in [0.05, 0.1) is 5.69 Å². The molecule has 0 aliphatic carbocycles. The third-order valence-corrected chi connectivity index (χ3v) is 3.71. The van der Waals surface area contributed by atoms with Crippen molar-refractivity contribution in [2.75, 3.05) is 0 Å². The zero-order chi connectivity index (χ0) is 12.4. The minimum atomic E-state index is 0.299. The maximum Gasteiger partial charge on any atom is 0.193 e. The molecule has 3 aromatic rings. The molecule has 4 nitrogen and oxygen atoms in total. The SMILES string of the molecule is C[C@H](NCc1cn2ccsc2n1)c1ccncc1. The molecule has 0 unspecified atom stereocenters. The Morgan fingerprint density at radius 2 is 2.22 bits per heavy atom. The monoisotopic (exact) mass is 258 g/mol. The van der Waals surface area contributed by atoms with Crippen molar-refractivity contribution in [3.8, 4) is 0 Å². The third-order valence-electron chi connectivity index (χ3n) is 2.94. The van der Waals surface area contributed by atoms with Crippen molar-refractivity contribution in [3.05, 3.63) is 53.6 Å². The summed E-state index contributed by atoms with van der Waals surface area (Å²) in [6.45, 7) is 2.92. The predicted octanol–water partition coefficient (Wildman–Crippen LogP) is 2.64. The van der Waals surface area contributed by atoms with Crippen LogP contribution in [0.1, 0.15) is 24.2 Å². The zero-order valence-corrected chi connectivity index (χ0v) is 10.9. The number of hydrogen-bond acceptors (Lipinski definition) is 4. The number of hydrogen-bond donors (Lipinski definition) is 1. The molecule has 3 aromatic heterocycles. The molecule has 0 saturated heterocycles. The van der Waals surface area contributed by atoms with Gasteiger partial charge in [-0.05, 0) is 24.6 Å². The van der Waals surface area contributed by atoms with Crippen LogP contribution in [-0.4, -0.2) is 14.4 Å². The lowest BCUT2D eigenvalue weighted by atomic mass is 10.1. The van der Waals surface area contributed by atoms with E-state index < -0.39 is 0 Å². The molecule has 0 aliphatic rings. The quantitative estimate of drug-likeness (QED) is 0.782. The van der Waals surface area contributed by atoms with Gasteiger partial charge in [0.2, 0.25) is 0 Å². The van der Waals surface area contributed by atoms with Gasteiger partial charge in [0.15, 0.2) is 4.96 Å². The normalized spacial score (nSPS) is 12.9. The van der Waals surface area contributed by atoms with Gasteiger partial charge in [0.25, 0.3) is 0 Å². The molecule has 1 atom stereocenters. The van der Waals surface area contributed by atoms with Gasteiger partial charge in [-0.15, -0.1) is 11.3 Å². The number of imidazole rings is 1. The molecule has 0 aromatic carbocycles. The first-order chi connectivity index (χ1) is 8.83. The Morgan fingerprint density at radius 3 is 3.00 bits per heavy atom. The van der Waals surface area contributed by atoms with Crippen LogP contribution in [0.2, 0.25) is 0 Å². The van der Waals surface area contributed by atoms with Crippen molar-refractivity contribution >= 4 is 16.3 Å². The molecular formula is C13H14N4S. The van der Waals surface area contributed by atoms with Crippen LogP contribution in [0.15, 0.2) is 42.3 Å². The second-order valence-corrected chi connectivity index (χ2v) is 5.08. The van der Waals surface area contributed by atoms with E-state index in [2.05, 4.69) is 32.8 Å². The highest BCUT2D eigenvalue weighted by Crippen LogP contribution is 2.14. The summed E-state index contributed by atoms with van der Waals surface area (Å²) in [6, 6.07) is 4.36. The fraction of sp³-hybridized carbons (Fsp3) is 0.231. The van der Waals surface area contributed by atoms with Gasteiger partial charge in [0, 0.05) is 42.8 Å². The van der Waals surface area contributed by atoms with E-state index in [-0.39, 0.29) is 0 Å². The van der Waals surface area contributed by atoms with E-state index in [0.29, 0.717) is 6.04 Å². The average molecular weight is 258 g/mol. The van der Waals surface area contributed by atoms with Crippen molar-refractivity contribution in [2.24, 2.45) is 0 Å². The largest absolute Gasteiger partial charge is 0.305 e. The lowest BCUT2D eigenvalue weighted by Crippen LogP contribution is -2.18. The number of aromatic nitrogens is 3. The highest BCUT2D eigenvalue weighted by molar-refractivity contribution is 7.15. The first-order valence-corrected chi connectivity index (χ1v) is 6.75. The summed E-state index contributed by atoms with van der Waals surface area (Å²) in [5, 5.41) is 5.51. The number of nitrogens with one attached hydrogen (secondary N) is 1. The van der Waals surface area contributed by atoms with E-state index >= 15 is 0 Å². The summed E-state index contributed by atoms with van der Waals surface area (Å²) in [5.74, 6) is 0. The molecule has 0 fully saturated rings. The number of pyridine rings is 1. The van der Waals surface area contributed by atoms with Gasteiger partial charge >= 0.3 is 0 Å². The first kappa shape index (κ1) is 11.4. The predicted molar refractivity (Wildman–Crippen MR) is 72.6 cm³/mol. The highest BCUT2D eigenvalue weighted by atomic mass is 32.1. The van der Waals surface area contributed by atoms with E-state index in [0.717, 1.165) is 17.2 Å². The number of nitrogens with zero attached hydrogens (tertiary/aromatic N) is 3. The van der Waals surface area contributed by atoms with E-state index in [4.69, 9.17) is 0 Å². The second kappa shape index (κ2) is 4.88. The van der Waals surface area contributed by atoms with Crippen molar-refractivity contribution in [2.45, 2.75) is 19.5 Å². The Bertz CT molecular complexity index is 600. The van der Waals surface area contributed by atoms with Gasteiger partial charge in [-0.25, -0.2) is 4.98 Å². The van der Waals surface area contributed by atoms with Crippen LogP contribution in [-0.2, 0) is 6.54 Å². The van der Waals surface area contributed by atoms with E-state index in [1.807, 2.05) is 36.1 Å². The Labute approximate surface area is 109 Å². The van der Waals surface area contributed by atoms with Gasteiger partial charge < -0.3 is 5.32 Å². The Balaban J connectivity index is 1.66. The van der Waals surface area contributed by atoms with Crippen molar-refractivity contribution in [1.82, 2.24) is 19.7 Å². The zero-order valence-electron chi connectivity index (χ0n) is 10.1. The molecule has 0 aliphatic heterocycles. The number of fused-ring (bicyclic) bond motifs is 1. The molecule has 3 heterocycles. The summed E-state index contributed by atoms with van der Waals surface area (Å²) in [6.07, 6.45) is 7.74. The summed E-state index contributed by atoms with van der Waals surface area (Å²) < 4.78 is 2.05. The lowest BCUT2D eigenvalue weighted by Gasteiger charge is -2.12. The van der Waals surface area contributed by atoms with Gasteiger partial charge in [-0.2, -0.15) is 0 Å². The molecule has 5 heteroatoms. The molecule has 92 valence electrons. The summed E-state index contributed by atoms with van der Waals surface area (Å²) in [4.78, 5) is 9.62. The van der Waals surface area contributed by atoms with Crippen LogP contribution < -0.4 is 5.32 Å². The minimum Gasteiger partial charge on any atom is -0.305 e. The molecule has 0 spiro atoms. The smallest absolute Gasteiger partial charge is 0.193 e. The van der Waals surface area contributed by atoms with Crippen LogP contribution in [0.3, 0.4) is 0 Å². The standard InChI is InChI=1S/C13H14N4S/c1-10(11-2-4-14-5-3-11)15-8-12-9-17-6-7-18-13(17)16-12/h2-7,9-10,15H,8H2,1H3/t10-/m0/s1. The average Bonchev–Trinajstić information content (AvgIpc) is 2.97. The maximum atomic E-state index is 4.54. The second-order valence-electron chi connectivity index (χ2n) is 4.21. The van der Waals surface area contributed by atoms with Crippen molar-refractivity contribution in [1.29, 1.82) is 0 Å². The van der Waals surface area contributed by atoms with Crippen LogP contribution in [0.5, 0.6) is 0 Å². The van der Waals surface area contributed by atoms with Gasteiger partial charge in [-0.3, -0.25) is 9.38 Å². The van der Waals surface area contributed by atoms with Crippen LogP contribution in [0.25, 0.3) is 4.96 Å². The third kappa shape index (κ3) is 2.27. The van der Waals surface area contributed by atoms with Gasteiger partial charge in [0.1, 0.15) is 0 Å². The number of thiazole rings is 1. The van der Waals surface area contributed by atoms with E-state index in [9.17, 15) is 0 Å². The van der Waals surface area contributed by atoms with Crippen LogP contribution in [0.4, 0.5) is 0 Å². The van der Waals surface area contributed by atoms with Crippen molar-refractivity contribution in [3.63, 3.8) is 0 Å². The molecule has 0 radical (unpaired) electrons. The summed E-state index contributed by atoms with van der Waals surface area (Å²) in [7, 11) is 0. The van der Waals surface area contributed by atoms with E-state index in [1.54, 1.807) is 11.3 Å². The van der Waals surface area contributed by atoms with Crippen LogP contribution in [0, 0.1) is 0 Å². The molecule has 3 rings (SSSR count). The molecule has 1 N–H and O–H groups in total.